The van der Waals surface area contributed by atoms with Crippen LogP contribution in [0, 0.1) is 13.8 Å². The van der Waals surface area contributed by atoms with E-state index in [0.29, 0.717) is 18.5 Å². The molecule has 1 rings (SSSR count). The number of carbonyl (C=O) groups excluding carboxylic acids is 4. The van der Waals surface area contributed by atoms with E-state index in [1.807, 2.05) is 32.0 Å². The predicted molar refractivity (Wildman–Crippen MR) is 151 cm³/mol. The predicted octanol–water partition coefficient (Wildman–Crippen LogP) is 4.26. The van der Waals surface area contributed by atoms with E-state index in [1.165, 1.54) is 4.90 Å². The number of nitrogens with one attached hydrogen (secondary N) is 2. The Morgan fingerprint density at radius 3 is 2.21 bits per heavy atom. The molecule has 0 bridgehead atoms. The first kappa shape index (κ1) is 33.3. The van der Waals surface area contributed by atoms with Gasteiger partial charge in [0, 0.05) is 18.8 Å². The fourth-order valence-electron chi connectivity index (χ4n) is 4.04. The van der Waals surface area contributed by atoms with E-state index in [4.69, 9.17) is 9.47 Å². The number of benzene rings is 1. The lowest BCUT2D eigenvalue weighted by Gasteiger charge is -2.35. The molecule has 1 aromatic carbocycles. The highest BCUT2D eigenvalue weighted by Crippen LogP contribution is 2.29. The Labute approximate surface area is 232 Å². The van der Waals surface area contributed by atoms with Crippen molar-refractivity contribution in [2.75, 3.05) is 25.4 Å². The molecule has 0 saturated heterocycles. The lowest BCUT2D eigenvalue weighted by atomic mass is 9.93. The van der Waals surface area contributed by atoms with E-state index in [9.17, 15) is 19.2 Å². The zero-order valence-corrected chi connectivity index (χ0v) is 24.8. The SMILES string of the molecule is CCCCCN(C(=O)C(CS)NC(=O)OC(C)(C)C)C(C(=O)NCCC(=O)OCC)c1c(C)cccc1C. The van der Waals surface area contributed by atoms with Crippen LogP contribution in [0.1, 0.15) is 83.0 Å². The third-order valence-electron chi connectivity index (χ3n) is 5.77. The fourth-order valence-corrected chi connectivity index (χ4v) is 4.29. The smallest absolute Gasteiger partial charge is 0.408 e. The quantitative estimate of drug-likeness (QED) is 0.181. The maximum atomic E-state index is 13.9. The summed E-state index contributed by atoms with van der Waals surface area (Å²) in [5.74, 6) is -1.24. The molecular formula is C28H45N3O6S. The van der Waals surface area contributed by atoms with Crippen molar-refractivity contribution in [1.29, 1.82) is 0 Å². The van der Waals surface area contributed by atoms with Crippen molar-refractivity contribution in [3.63, 3.8) is 0 Å². The van der Waals surface area contributed by atoms with E-state index in [1.54, 1.807) is 27.7 Å². The average molecular weight is 552 g/mol. The summed E-state index contributed by atoms with van der Waals surface area (Å²) >= 11 is 4.32. The molecule has 9 nitrogen and oxygen atoms in total. The maximum absolute atomic E-state index is 13.9. The van der Waals surface area contributed by atoms with Crippen molar-refractivity contribution < 1.29 is 28.7 Å². The van der Waals surface area contributed by atoms with E-state index < -0.39 is 41.6 Å². The zero-order valence-electron chi connectivity index (χ0n) is 23.9. The van der Waals surface area contributed by atoms with E-state index >= 15 is 0 Å². The Morgan fingerprint density at radius 1 is 1.05 bits per heavy atom. The Balaban J connectivity index is 3.42. The molecule has 2 N–H and O–H groups in total. The Kier molecular flexibility index (Phi) is 14.2. The van der Waals surface area contributed by atoms with Gasteiger partial charge in [-0.3, -0.25) is 14.4 Å². The van der Waals surface area contributed by atoms with Gasteiger partial charge in [0.05, 0.1) is 13.0 Å². The molecular weight excluding hydrogens is 506 g/mol. The molecule has 0 aliphatic rings. The minimum atomic E-state index is -1.01. The lowest BCUT2D eigenvalue weighted by molar-refractivity contribution is -0.144. The first-order valence-corrected chi connectivity index (χ1v) is 13.9. The van der Waals surface area contributed by atoms with Crippen LogP contribution < -0.4 is 10.6 Å². The van der Waals surface area contributed by atoms with Crippen LogP contribution in [-0.4, -0.2) is 65.9 Å². The molecule has 0 radical (unpaired) electrons. The van der Waals surface area contributed by atoms with Crippen LogP contribution in [0.2, 0.25) is 0 Å². The summed E-state index contributed by atoms with van der Waals surface area (Å²) in [6.45, 7) is 13.4. The first-order chi connectivity index (χ1) is 17.9. The monoisotopic (exact) mass is 551 g/mol. The van der Waals surface area contributed by atoms with Crippen LogP contribution in [-0.2, 0) is 23.9 Å². The maximum Gasteiger partial charge on any atom is 0.408 e. The topological polar surface area (TPSA) is 114 Å². The second kappa shape index (κ2) is 16.3. The van der Waals surface area contributed by atoms with Crippen molar-refractivity contribution in [1.82, 2.24) is 15.5 Å². The van der Waals surface area contributed by atoms with Gasteiger partial charge in [0.2, 0.25) is 11.8 Å². The van der Waals surface area contributed by atoms with Gasteiger partial charge in [0.25, 0.3) is 0 Å². The molecule has 0 aliphatic heterocycles. The van der Waals surface area contributed by atoms with E-state index in [0.717, 1.165) is 24.0 Å². The van der Waals surface area contributed by atoms with Crippen LogP contribution in [0.25, 0.3) is 0 Å². The summed E-state index contributed by atoms with van der Waals surface area (Å²) in [4.78, 5) is 53.5. The summed E-state index contributed by atoms with van der Waals surface area (Å²) in [7, 11) is 0. The highest BCUT2D eigenvalue weighted by atomic mass is 32.1. The van der Waals surface area contributed by atoms with Gasteiger partial charge in [-0.25, -0.2) is 4.79 Å². The number of carbonyl (C=O) groups is 4. The number of aryl methyl sites for hydroxylation is 2. The van der Waals surface area contributed by atoms with E-state index in [-0.39, 0.29) is 25.3 Å². The highest BCUT2D eigenvalue weighted by molar-refractivity contribution is 7.80. The molecule has 2 unspecified atom stereocenters. The van der Waals surface area contributed by atoms with Crippen molar-refractivity contribution >= 4 is 36.5 Å². The standard InChI is InChI=1S/C28H45N3O6S/c1-8-10-11-17-31(26(34)21(18-38)30-27(35)37-28(5,6)7)24(23-19(3)13-12-14-20(23)4)25(33)29-16-15-22(32)36-9-2/h12-14,21,24,38H,8-11,15-18H2,1-7H3,(H,29,33)(H,30,35). The van der Waals surface area contributed by atoms with Crippen LogP contribution in [0.15, 0.2) is 18.2 Å². The minimum absolute atomic E-state index is 0.0162. The fraction of sp³-hybridized carbons (Fsp3) is 0.643. The molecule has 1 aromatic rings. The van der Waals surface area contributed by atoms with Gasteiger partial charge in [-0.05, 0) is 64.7 Å². The number of hydrogen-bond donors (Lipinski definition) is 3. The average Bonchev–Trinajstić information content (AvgIpc) is 2.82. The van der Waals surface area contributed by atoms with Crippen LogP contribution in [0.3, 0.4) is 0 Å². The molecule has 38 heavy (non-hydrogen) atoms. The normalized spacial score (nSPS) is 12.7. The van der Waals surface area contributed by atoms with Crippen molar-refractivity contribution in [2.24, 2.45) is 0 Å². The molecule has 214 valence electrons. The second-order valence-electron chi connectivity index (χ2n) is 10.2. The highest BCUT2D eigenvalue weighted by Gasteiger charge is 2.37. The molecule has 0 aromatic heterocycles. The number of unbranched alkanes of at least 4 members (excludes halogenated alkanes) is 2. The van der Waals surface area contributed by atoms with Gasteiger partial charge in [-0.2, -0.15) is 12.6 Å². The molecule has 0 fully saturated rings. The van der Waals surface area contributed by atoms with Crippen molar-refractivity contribution in [3.05, 3.63) is 34.9 Å². The van der Waals surface area contributed by atoms with Gasteiger partial charge >= 0.3 is 12.1 Å². The number of alkyl carbamates (subject to hydrolysis) is 1. The molecule has 0 heterocycles. The van der Waals surface area contributed by atoms with Gasteiger partial charge in [-0.1, -0.05) is 38.0 Å². The summed E-state index contributed by atoms with van der Waals surface area (Å²) in [6, 6.07) is 3.71. The molecule has 3 amide bonds. The molecule has 2 atom stereocenters. The molecule has 10 heteroatoms. The van der Waals surface area contributed by atoms with Crippen LogP contribution >= 0.6 is 12.6 Å². The summed E-state index contributed by atoms with van der Waals surface area (Å²) in [5, 5.41) is 5.43. The number of hydrogen-bond acceptors (Lipinski definition) is 7. The number of rotatable bonds is 14. The number of nitrogens with zero attached hydrogens (tertiary/aromatic N) is 1. The third kappa shape index (κ3) is 10.9. The second-order valence-corrected chi connectivity index (χ2v) is 10.5. The third-order valence-corrected chi connectivity index (χ3v) is 6.13. The largest absolute Gasteiger partial charge is 0.466 e. The number of thiol groups is 1. The van der Waals surface area contributed by atoms with Gasteiger partial charge < -0.3 is 25.0 Å². The van der Waals surface area contributed by atoms with Crippen LogP contribution in [0.5, 0.6) is 0 Å². The summed E-state index contributed by atoms with van der Waals surface area (Å²) in [5.41, 5.74) is 1.67. The molecule has 0 saturated carbocycles. The van der Waals surface area contributed by atoms with E-state index in [2.05, 4.69) is 30.2 Å². The Hall–Kier alpha value is -2.75. The zero-order chi connectivity index (χ0) is 28.9. The Morgan fingerprint density at radius 2 is 1.68 bits per heavy atom. The number of amides is 3. The van der Waals surface area contributed by atoms with Gasteiger partial charge in [0.1, 0.15) is 17.7 Å². The molecule has 0 aliphatic carbocycles. The first-order valence-electron chi connectivity index (χ1n) is 13.3. The number of esters is 1. The van der Waals surface area contributed by atoms with Gasteiger partial charge in [0.15, 0.2) is 0 Å². The molecule has 0 spiro atoms. The number of ether oxygens (including phenoxy) is 2. The van der Waals surface area contributed by atoms with Crippen LogP contribution in [0.4, 0.5) is 4.79 Å². The minimum Gasteiger partial charge on any atom is -0.466 e. The van der Waals surface area contributed by atoms with Gasteiger partial charge in [-0.15, -0.1) is 0 Å². The summed E-state index contributed by atoms with van der Waals surface area (Å²) in [6.07, 6.45) is 1.74. The van der Waals surface area contributed by atoms with Crippen molar-refractivity contribution in [3.8, 4) is 0 Å². The van der Waals surface area contributed by atoms with Crippen molar-refractivity contribution in [2.45, 2.75) is 91.8 Å². The summed E-state index contributed by atoms with van der Waals surface area (Å²) < 4.78 is 10.3. The Bertz CT molecular complexity index is 927. The lowest BCUT2D eigenvalue weighted by Crippen LogP contribution is -2.54.